The second kappa shape index (κ2) is 8.15. The fraction of sp³-hybridized carbons (Fsp3) is 0.350. The van der Waals surface area contributed by atoms with E-state index in [4.69, 9.17) is 4.74 Å². The lowest BCUT2D eigenvalue weighted by atomic mass is 10.1. The Morgan fingerprint density at radius 1 is 1.30 bits per heavy atom. The smallest absolute Gasteiger partial charge is 0.414 e. The number of benzene rings is 1. The second-order valence-corrected chi connectivity index (χ2v) is 6.91. The van der Waals surface area contributed by atoms with Crippen molar-refractivity contribution in [3.63, 3.8) is 0 Å². The lowest BCUT2D eigenvalue weighted by Crippen LogP contribution is -2.30. The standard InChI is InChI=1S/C20H21FN6O3/c1-3-17(28)18-11-26(20(29)30-18)13-6-7-14(15(21)9-13)12-5-8-16(22-10-12)19-23-25-27(4-2)24-19/h5-10,17-18,28H,3-4,11H2,1-2H3. The van der Waals surface area contributed by atoms with Crippen LogP contribution in [-0.4, -0.2) is 55.1 Å². The lowest BCUT2D eigenvalue weighted by molar-refractivity contribution is 0.0308. The summed E-state index contributed by atoms with van der Waals surface area (Å²) in [5, 5.41) is 21.9. The molecule has 1 N–H and O–H groups in total. The summed E-state index contributed by atoms with van der Waals surface area (Å²) in [6, 6.07) is 7.94. The number of amides is 1. The molecule has 0 radical (unpaired) electrons. The topological polar surface area (TPSA) is 106 Å². The number of anilines is 1. The van der Waals surface area contributed by atoms with Crippen molar-refractivity contribution < 1.29 is 19.0 Å². The molecule has 1 fully saturated rings. The Kier molecular flexibility index (Phi) is 5.40. The highest BCUT2D eigenvalue weighted by atomic mass is 19.1. The van der Waals surface area contributed by atoms with E-state index in [2.05, 4.69) is 20.4 Å². The molecule has 1 aromatic carbocycles. The summed E-state index contributed by atoms with van der Waals surface area (Å²) in [5.74, 6) is -0.0972. The van der Waals surface area contributed by atoms with Gasteiger partial charge in [0, 0.05) is 17.3 Å². The van der Waals surface area contributed by atoms with Crippen LogP contribution >= 0.6 is 0 Å². The number of carbonyl (C=O) groups excluding carboxylic acids is 1. The summed E-state index contributed by atoms with van der Waals surface area (Å²) in [7, 11) is 0. The Morgan fingerprint density at radius 2 is 2.13 bits per heavy atom. The number of cyclic esters (lactones) is 1. The van der Waals surface area contributed by atoms with Crippen LogP contribution in [0, 0.1) is 5.82 Å². The zero-order valence-corrected chi connectivity index (χ0v) is 16.6. The molecule has 3 aromatic rings. The van der Waals surface area contributed by atoms with Crippen molar-refractivity contribution in [2.45, 2.75) is 39.0 Å². The van der Waals surface area contributed by atoms with Crippen molar-refractivity contribution in [2.75, 3.05) is 11.4 Å². The van der Waals surface area contributed by atoms with Crippen LogP contribution in [0.3, 0.4) is 0 Å². The number of aliphatic hydroxyl groups excluding tert-OH is 1. The van der Waals surface area contributed by atoms with Crippen LogP contribution in [0.4, 0.5) is 14.9 Å². The zero-order chi connectivity index (χ0) is 21.3. The molecule has 1 aliphatic rings. The molecule has 2 aromatic heterocycles. The summed E-state index contributed by atoms with van der Waals surface area (Å²) in [6.07, 6.45) is 0.0325. The predicted molar refractivity (Wildman–Crippen MR) is 106 cm³/mol. The Hall–Kier alpha value is -3.40. The minimum Gasteiger partial charge on any atom is -0.441 e. The molecule has 0 spiro atoms. The summed E-state index contributed by atoms with van der Waals surface area (Å²) < 4.78 is 20.0. The van der Waals surface area contributed by atoms with Crippen LogP contribution < -0.4 is 4.90 Å². The molecule has 2 unspecified atom stereocenters. The third-order valence-corrected chi connectivity index (χ3v) is 4.99. The van der Waals surface area contributed by atoms with E-state index in [1.807, 2.05) is 6.92 Å². The van der Waals surface area contributed by atoms with Gasteiger partial charge in [0.25, 0.3) is 0 Å². The van der Waals surface area contributed by atoms with Gasteiger partial charge in [0.15, 0.2) is 0 Å². The Bertz CT molecular complexity index is 1050. The average molecular weight is 412 g/mol. The number of hydrogen-bond acceptors (Lipinski definition) is 7. The molecule has 2 atom stereocenters. The number of aliphatic hydroxyl groups is 1. The molecule has 3 heterocycles. The summed E-state index contributed by atoms with van der Waals surface area (Å²) >= 11 is 0. The van der Waals surface area contributed by atoms with Crippen LogP contribution in [0.2, 0.25) is 0 Å². The van der Waals surface area contributed by atoms with Crippen molar-refractivity contribution in [1.82, 2.24) is 25.2 Å². The average Bonchev–Trinajstić information content (AvgIpc) is 3.40. The van der Waals surface area contributed by atoms with Crippen molar-refractivity contribution in [1.29, 1.82) is 0 Å². The SMILES string of the molecule is CCC(O)C1CN(c2ccc(-c3ccc(-c4nnn(CC)n4)nc3)c(F)c2)C(=O)O1. The molecular weight excluding hydrogens is 391 g/mol. The summed E-state index contributed by atoms with van der Waals surface area (Å²) in [5.41, 5.74) is 1.84. The van der Waals surface area contributed by atoms with Crippen LogP contribution in [0.1, 0.15) is 20.3 Å². The van der Waals surface area contributed by atoms with Crippen molar-refractivity contribution in [2.24, 2.45) is 0 Å². The normalized spacial score (nSPS) is 17.3. The minimum absolute atomic E-state index is 0.175. The second-order valence-electron chi connectivity index (χ2n) is 6.91. The van der Waals surface area contributed by atoms with Gasteiger partial charge < -0.3 is 9.84 Å². The minimum atomic E-state index is -0.749. The van der Waals surface area contributed by atoms with Crippen molar-refractivity contribution in [3.05, 3.63) is 42.3 Å². The molecule has 4 rings (SSSR count). The number of tetrazole rings is 1. The molecule has 10 heteroatoms. The largest absolute Gasteiger partial charge is 0.441 e. The third kappa shape index (κ3) is 3.73. The molecular formula is C20H21FN6O3. The van der Waals surface area contributed by atoms with E-state index in [0.29, 0.717) is 41.3 Å². The first-order chi connectivity index (χ1) is 14.5. The van der Waals surface area contributed by atoms with Gasteiger partial charge in [0.05, 0.1) is 24.9 Å². The summed E-state index contributed by atoms with van der Waals surface area (Å²) in [4.78, 5) is 19.2. The third-order valence-electron chi connectivity index (χ3n) is 4.99. The first-order valence-corrected chi connectivity index (χ1v) is 9.70. The first-order valence-electron chi connectivity index (χ1n) is 9.70. The van der Waals surface area contributed by atoms with E-state index in [9.17, 15) is 14.3 Å². The molecule has 0 aliphatic carbocycles. The quantitative estimate of drug-likeness (QED) is 0.663. The van der Waals surface area contributed by atoms with Crippen molar-refractivity contribution >= 4 is 11.8 Å². The highest BCUT2D eigenvalue weighted by Gasteiger charge is 2.36. The number of hydrogen-bond donors (Lipinski definition) is 1. The molecule has 9 nitrogen and oxygen atoms in total. The van der Waals surface area contributed by atoms with Crippen LogP contribution in [-0.2, 0) is 11.3 Å². The monoisotopic (exact) mass is 412 g/mol. The van der Waals surface area contributed by atoms with E-state index < -0.39 is 24.1 Å². The Labute approximate surface area is 172 Å². The van der Waals surface area contributed by atoms with Gasteiger partial charge in [-0.2, -0.15) is 4.80 Å². The number of rotatable bonds is 6. The number of nitrogens with zero attached hydrogens (tertiary/aromatic N) is 6. The van der Waals surface area contributed by atoms with E-state index in [1.54, 1.807) is 31.2 Å². The lowest BCUT2D eigenvalue weighted by Gasteiger charge is -2.16. The van der Waals surface area contributed by atoms with E-state index in [-0.39, 0.29) is 6.54 Å². The van der Waals surface area contributed by atoms with Gasteiger partial charge in [-0.25, -0.2) is 9.18 Å². The van der Waals surface area contributed by atoms with Crippen LogP contribution in [0.5, 0.6) is 0 Å². The fourth-order valence-corrected chi connectivity index (χ4v) is 3.23. The summed E-state index contributed by atoms with van der Waals surface area (Å²) in [6.45, 7) is 4.49. The van der Waals surface area contributed by atoms with Crippen LogP contribution in [0.25, 0.3) is 22.6 Å². The zero-order valence-electron chi connectivity index (χ0n) is 16.6. The molecule has 1 amide bonds. The van der Waals surface area contributed by atoms with Gasteiger partial charge in [-0.1, -0.05) is 13.0 Å². The van der Waals surface area contributed by atoms with Crippen molar-refractivity contribution in [3.8, 4) is 22.6 Å². The molecule has 1 aliphatic heterocycles. The van der Waals surface area contributed by atoms with Gasteiger partial charge in [-0.15, -0.1) is 10.2 Å². The van der Waals surface area contributed by atoms with Gasteiger partial charge in [0.2, 0.25) is 5.82 Å². The number of halogens is 1. The maximum Gasteiger partial charge on any atom is 0.414 e. The van der Waals surface area contributed by atoms with E-state index in [1.165, 1.54) is 22.0 Å². The van der Waals surface area contributed by atoms with Gasteiger partial charge >= 0.3 is 6.09 Å². The molecule has 156 valence electrons. The molecule has 30 heavy (non-hydrogen) atoms. The van der Waals surface area contributed by atoms with Gasteiger partial charge in [-0.3, -0.25) is 9.88 Å². The number of carbonyl (C=O) groups is 1. The molecule has 1 saturated heterocycles. The van der Waals surface area contributed by atoms with Gasteiger partial charge in [-0.05, 0) is 42.8 Å². The van der Waals surface area contributed by atoms with Crippen LogP contribution in [0.15, 0.2) is 36.5 Å². The highest BCUT2D eigenvalue weighted by molar-refractivity contribution is 5.90. The first kappa shape index (κ1) is 19.9. The molecule has 0 saturated carbocycles. The van der Waals surface area contributed by atoms with E-state index >= 15 is 0 Å². The van der Waals surface area contributed by atoms with Gasteiger partial charge in [0.1, 0.15) is 17.6 Å². The number of pyridine rings is 1. The number of aryl methyl sites for hydroxylation is 1. The maximum atomic E-state index is 14.8. The van der Waals surface area contributed by atoms with E-state index in [0.717, 1.165) is 0 Å². The number of aromatic nitrogens is 5. The highest BCUT2D eigenvalue weighted by Crippen LogP contribution is 2.30. The Balaban J connectivity index is 1.54. The maximum absolute atomic E-state index is 14.8. The number of ether oxygens (including phenoxy) is 1. The molecule has 0 bridgehead atoms. The Morgan fingerprint density at radius 3 is 2.77 bits per heavy atom. The fourth-order valence-electron chi connectivity index (χ4n) is 3.23. The predicted octanol–water partition coefficient (Wildman–Crippen LogP) is 2.66.